The van der Waals surface area contributed by atoms with Crippen LogP contribution in [0, 0.1) is 11.6 Å². The molecule has 0 bridgehead atoms. The highest BCUT2D eigenvalue weighted by molar-refractivity contribution is 7.92. The fraction of sp³-hybridized carbons (Fsp3) is 0.368. The average Bonchev–Trinajstić information content (AvgIpc) is 3.17. The lowest BCUT2D eigenvalue weighted by molar-refractivity contribution is -0.0140. The third-order valence-corrected chi connectivity index (χ3v) is 6.95. The second-order valence-corrected chi connectivity index (χ2v) is 8.82. The monoisotopic (exact) mass is 413 g/mol. The van der Waals surface area contributed by atoms with Crippen LogP contribution in [0.2, 0.25) is 0 Å². The molecule has 152 valence electrons. The van der Waals surface area contributed by atoms with Crippen molar-refractivity contribution >= 4 is 9.84 Å². The van der Waals surface area contributed by atoms with Gasteiger partial charge in [0, 0.05) is 19.2 Å². The summed E-state index contributed by atoms with van der Waals surface area (Å²) in [6, 6.07) is 9.09. The van der Waals surface area contributed by atoms with E-state index in [4.69, 9.17) is 9.84 Å². The van der Waals surface area contributed by atoms with Crippen LogP contribution in [0.5, 0.6) is 5.75 Å². The number of benzene rings is 2. The van der Waals surface area contributed by atoms with Crippen molar-refractivity contribution in [1.82, 2.24) is 4.90 Å². The van der Waals surface area contributed by atoms with Crippen molar-refractivity contribution in [2.75, 3.05) is 19.7 Å². The molecule has 2 unspecified atom stereocenters. The van der Waals surface area contributed by atoms with Crippen molar-refractivity contribution in [1.29, 1.82) is 0 Å². The van der Waals surface area contributed by atoms with Gasteiger partial charge in [0.15, 0.2) is 9.84 Å². The summed E-state index contributed by atoms with van der Waals surface area (Å²) in [5.41, 5.74) is 0.730. The first-order valence-corrected chi connectivity index (χ1v) is 10.3. The standard InChI is InChI=1S/C19H21F2NO5S/c20-14-3-6-18(17(21)9-14)28(25,26)16-7-8-22(10-16)19(24)12-27-15-4-1-13(11-23)2-5-15/h1-6,9,16,19,23-24H,7-8,10-12H2. The van der Waals surface area contributed by atoms with Gasteiger partial charge in [-0.1, -0.05) is 12.1 Å². The highest BCUT2D eigenvalue weighted by Gasteiger charge is 2.37. The Balaban J connectivity index is 1.60. The zero-order valence-electron chi connectivity index (χ0n) is 15.0. The van der Waals surface area contributed by atoms with E-state index < -0.39 is 37.8 Å². The van der Waals surface area contributed by atoms with E-state index in [1.54, 1.807) is 29.2 Å². The molecule has 0 amide bonds. The molecular formula is C19H21F2NO5S. The van der Waals surface area contributed by atoms with Crippen molar-refractivity contribution in [2.24, 2.45) is 0 Å². The van der Waals surface area contributed by atoms with Crippen LogP contribution in [-0.2, 0) is 16.4 Å². The number of rotatable bonds is 7. The minimum Gasteiger partial charge on any atom is -0.489 e. The summed E-state index contributed by atoms with van der Waals surface area (Å²) >= 11 is 0. The molecule has 0 aromatic heterocycles. The maximum atomic E-state index is 13.9. The molecule has 2 atom stereocenters. The molecule has 28 heavy (non-hydrogen) atoms. The van der Waals surface area contributed by atoms with Crippen molar-refractivity contribution in [3.63, 3.8) is 0 Å². The zero-order valence-corrected chi connectivity index (χ0v) is 15.8. The van der Waals surface area contributed by atoms with Gasteiger partial charge in [0.1, 0.15) is 35.1 Å². The fourth-order valence-corrected chi connectivity index (χ4v) is 4.88. The first-order chi connectivity index (χ1) is 13.3. The number of ether oxygens (including phenoxy) is 1. The molecule has 2 aromatic rings. The Hall–Kier alpha value is -2.07. The Labute approximate surface area is 161 Å². The van der Waals surface area contributed by atoms with Crippen LogP contribution in [0.3, 0.4) is 0 Å². The molecule has 0 aliphatic carbocycles. The van der Waals surface area contributed by atoms with Crippen molar-refractivity contribution < 1.29 is 32.1 Å². The predicted molar refractivity (Wildman–Crippen MR) is 97.4 cm³/mol. The van der Waals surface area contributed by atoms with Crippen LogP contribution in [0.4, 0.5) is 8.78 Å². The molecule has 1 saturated heterocycles. The normalized spacial score (nSPS) is 18.9. The van der Waals surface area contributed by atoms with Crippen LogP contribution >= 0.6 is 0 Å². The second kappa shape index (κ2) is 8.52. The smallest absolute Gasteiger partial charge is 0.185 e. The molecule has 1 heterocycles. The molecule has 0 radical (unpaired) electrons. The highest BCUT2D eigenvalue weighted by atomic mass is 32.2. The van der Waals surface area contributed by atoms with Gasteiger partial charge in [0.25, 0.3) is 0 Å². The predicted octanol–water partition coefficient (Wildman–Crippen LogP) is 1.70. The van der Waals surface area contributed by atoms with Gasteiger partial charge in [-0.15, -0.1) is 0 Å². The number of halogens is 2. The van der Waals surface area contributed by atoms with Crippen molar-refractivity contribution in [2.45, 2.75) is 29.4 Å². The molecule has 2 aromatic carbocycles. The van der Waals surface area contributed by atoms with E-state index in [-0.39, 0.29) is 26.2 Å². The first-order valence-electron chi connectivity index (χ1n) is 8.75. The highest BCUT2D eigenvalue weighted by Crippen LogP contribution is 2.27. The van der Waals surface area contributed by atoms with Gasteiger partial charge in [0.05, 0.1) is 11.9 Å². The second-order valence-electron chi connectivity index (χ2n) is 6.62. The van der Waals surface area contributed by atoms with E-state index in [1.807, 2.05) is 0 Å². The minimum absolute atomic E-state index is 0.0210. The van der Waals surface area contributed by atoms with E-state index in [1.165, 1.54) is 0 Å². The van der Waals surface area contributed by atoms with E-state index in [0.29, 0.717) is 18.4 Å². The van der Waals surface area contributed by atoms with Crippen LogP contribution in [0.25, 0.3) is 0 Å². The molecule has 1 aliphatic heterocycles. The van der Waals surface area contributed by atoms with Crippen LogP contribution in [0.1, 0.15) is 12.0 Å². The molecule has 6 nitrogen and oxygen atoms in total. The Morgan fingerprint density at radius 2 is 1.89 bits per heavy atom. The summed E-state index contributed by atoms with van der Waals surface area (Å²) in [7, 11) is -3.99. The van der Waals surface area contributed by atoms with Gasteiger partial charge in [-0.05, 0) is 36.2 Å². The fourth-order valence-electron chi connectivity index (χ4n) is 3.13. The van der Waals surface area contributed by atoms with E-state index >= 15 is 0 Å². The minimum atomic E-state index is -3.99. The number of sulfone groups is 1. The van der Waals surface area contributed by atoms with Gasteiger partial charge < -0.3 is 14.9 Å². The summed E-state index contributed by atoms with van der Waals surface area (Å²) in [4.78, 5) is 1.02. The molecule has 2 N–H and O–H groups in total. The topological polar surface area (TPSA) is 87.1 Å². The number of hydrogen-bond donors (Lipinski definition) is 2. The van der Waals surface area contributed by atoms with Crippen LogP contribution in [-0.4, -0.2) is 54.7 Å². The molecule has 0 saturated carbocycles. The van der Waals surface area contributed by atoms with Gasteiger partial charge in [0.2, 0.25) is 0 Å². The summed E-state index contributed by atoms with van der Waals surface area (Å²) in [5, 5.41) is 18.4. The lowest BCUT2D eigenvalue weighted by Gasteiger charge is -2.23. The molecular weight excluding hydrogens is 392 g/mol. The molecule has 0 spiro atoms. The first kappa shape index (κ1) is 20.7. The van der Waals surface area contributed by atoms with Crippen LogP contribution < -0.4 is 4.74 Å². The Kier molecular flexibility index (Phi) is 6.29. The number of aliphatic hydroxyl groups is 2. The summed E-state index contributed by atoms with van der Waals surface area (Å²) < 4.78 is 57.7. The maximum Gasteiger partial charge on any atom is 0.185 e. The molecule has 3 rings (SSSR count). The largest absolute Gasteiger partial charge is 0.489 e. The lowest BCUT2D eigenvalue weighted by Crippen LogP contribution is -2.39. The SMILES string of the molecule is O=S(=O)(c1ccc(F)cc1F)C1CCN(C(O)COc2ccc(CO)cc2)C1. The number of nitrogens with zero attached hydrogens (tertiary/aromatic N) is 1. The zero-order chi connectivity index (χ0) is 20.3. The average molecular weight is 413 g/mol. The third kappa shape index (κ3) is 4.49. The van der Waals surface area contributed by atoms with E-state index in [2.05, 4.69) is 0 Å². The Bertz CT molecular complexity index is 920. The Morgan fingerprint density at radius 3 is 2.54 bits per heavy atom. The molecule has 1 aliphatic rings. The quantitative estimate of drug-likeness (QED) is 0.672. The van der Waals surface area contributed by atoms with E-state index in [0.717, 1.165) is 17.7 Å². The summed E-state index contributed by atoms with van der Waals surface area (Å²) in [5.74, 6) is -1.45. The molecule has 9 heteroatoms. The lowest BCUT2D eigenvalue weighted by atomic mass is 10.2. The third-order valence-electron chi connectivity index (χ3n) is 4.74. The van der Waals surface area contributed by atoms with Gasteiger partial charge in [-0.25, -0.2) is 17.2 Å². The van der Waals surface area contributed by atoms with E-state index in [9.17, 15) is 22.3 Å². The summed E-state index contributed by atoms with van der Waals surface area (Å²) in [6.45, 7) is 0.172. The number of hydrogen-bond acceptors (Lipinski definition) is 6. The number of aliphatic hydroxyl groups excluding tert-OH is 2. The van der Waals surface area contributed by atoms with Crippen LogP contribution in [0.15, 0.2) is 47.4 Å². The maximum absolute atomic E-state index is 13.9. The number of likely N-dealkylation sites (tertiary alicyclic amines) is 1. The molecule has 1 fully saturated rings. The Morgan fingerprint density at radius 1 is 1.18 bits per heavy atom. The van der Waals surface area contributed by atoms with Gasteiger partial charge in [-0.2, -0.15) is 0 Å². The van der Waals surface area contributed by atoms with Gasteiger partial charge >= 0.3 is 0 Å². The summed E-state index contributed by atoms with van der Waals surface area (Å²) in [6.07, 6.45) is -0.808. The van der Waals surface area contributed by atoms with Crippen molar-refractivity contribution in [3.8, 4) is 5.75 Å². The van der Waals surface area contributed by atoms with Gasteiger partial charge in [-0.3, -0.25) is 4.90 Å². The van der Waals surface area contributed by atoms with Crippen molar-refractivity contribution in [3.05, 3.63) is 59.7 Å².